The van der Waals surface area contributed by atoms with Crippen LogP contribution < -0.4 is 16.0 Å². The third-order valence-corrected chi connectivity index (χ3v) is 22.7. The van der Waals surface area contributed by atoms with Crippen molar-refractivity contribution >= 4 is 106 Å². The van der Waals surface area contributed by atoms with Crippen molar-refractivity contribution in [3.8, 4) is 0 Å². The molecule has 3 saturated carbocycles. The number of piperidine rings is 1. The van der Waals surface area contributed by atoms with E-state index >= 15 is 19.2 Å². The molecule has 96 heavy (non-hydrogen) atoms. The number of carbonyl (C=O) groups is 12. The van der Waals surface area contributed by atoms with Gasteiger partial charge in [-0.1, -0.05) is 119 Å². The number of fused-ring (bicyclic) bond motifs is 1. The molecule has 1 aromatic carbocycles. The van der Waals surface area contributed by atoms with E-state index in [4.69, 9.17) is 34.8 Å². The van der Waals surface area contributed by atoms with Crippen molar-refractivity contribution in [2.45, 2.75) is 223 Å². The summed E-state index contributed by atoms with van der Waals surface area (Å²) in [4.78, 5) is 190. The van der Waals surface area contributed by atoms with E-state index < -0.39 is 151 Å². The van der Waals surface area contributed by atoms with Gasteiger partial charge in [0.25, 0.3) is 0 Å². The van der Waals surface area contributed by atoms with Gasteiger partial charge in [0.2, 0.25) is 70.9 Å². The summed E-state index contributed by atoms with van der Waals surface area (Å²) in [6, 6.07) is -5.06. The van der Waals surface area contributed by atoms with Crippen molar-refractivity contribution in [2.24, 2.45) is 17.8 Å². The van der Waals surface area contributed by atoms with Crippen LogP contribution in [0, 0.1) is 17.8 Å². The molecule has 0 unspecified atom stereocenters. The first-order valence-electron chi connectivity index (χ1n) is 34.9. The minimum atomic E-state index is -1.50. The molecule has 8 atom stereocenters. The summed E-state index contributed by atoms with van der Waals surface area (Å²) in [5.41, 5.74) is -0.903. The highest BCUT2D eigenvalue weighted by Crippen LogP contribution is 2.38. The van der Waals surface area contributed by atoms with Crippen molar-refractivity contribution < 1.29 is 57.5 Å². The lowest BCUT2D eigenvalue weighted by Crippen LogP contribution is -2.65. The van der Waals surface area contributed by atoms with E-state index in [9.17, 15) is 38.4 Å². The van der Waals surface area contributed by atoms with Gasteiger partial charge in [0.15, 0.2) is 0 Å². The predicted molar refractivity (Wildman–Crippen MR) is 365 cm³/mol. The normalized spacial score (nSPS) is 27.3. The number of hydrogen-bond donors (Lipinski definition) is 3. The smallest absolute Gasteiger partial charge is 0.248 e. The highest BCUT2D eigenvalue weighted by molar-refractivity contribution is 6.48. The summed E-state index contributed by atoms with van der Waals surface area (Å²) >= 11 is 19.2. The Labute approximate surface area is 582 Å². The molecule has 3 heterocycles. The first-order valence-corrected chi connectivity index (χ1v) is 36.1. The van der Waals surface area contributed by atoms with Crippen LogP contribution in [0.2, 0.25) is 15.1 Å². The molecule has 1 aromatic rings. The predicted octanol–water partition coefficient (Wildman–Crippen LogP) is 5.69. The summed E-state index contributed by atoms with van der Waals surface area (Å²) in [7, 11) is 10.2. The molecular weight excluding hydrogens is 1300 g/mol. The maximum Gasteiger partial charge on any atom is 0.248 e. The molecular formula is C69H105Cl3N12O12. The van der Waals surface area contributed by atoms with Crippen molar-refractivity contribution in [1.82, 2.24) is 60.0 Å². The number of aryl methyl sites for hydroxylation is 1. The van der Waals surface area contributed by atoms with Crippen LogP contribution in [0.5, 0.6) is 0 Å². The summed E-state index contributed by atoms with van der Waals surface area (Å²) < 4.78 is 0. The molecule has 1 spiro atoms. The zero-order valence-electron chi connectivity index (χ0n) is 58.2. The first kappa shape index (κ1) is 77.1. The van der Waals surface area contributed by atoms with E-state index in [1.165, 1.54) is 78.6 Å². The standard InChI is InChI=1S/C69H105Cl3N12O12/c1-11-43(2)59-66(94)78(6)41-56(87)76(4)42-57(88)80(8)52(38-45-24-15-12-16-25-45)64(92)77(5)40-54(85)73-50(30-29-46-36-48(70)58(72)49(71)37-46)63(91)84-35-23-28-51(84)62(90)75-69(31-19-20-32-69)68(96)82(10)60(47-26-17-13-18-27-47)67(95)81(9)53(65(93)83-33-21-14-22-34-83)39-55(86)79(7)44(3)61(89)74-59/h36-37,43-45,47,50-53,59-60H,11-35,38-42H2,1-10H3,(H,73,85)(H,74,89)(H,75,90)/t43-,44-,50-,51-,52-,53-,59-,60-/m0/s1. The van der Waals surface area contributed by atoms with Crippen LogP contribution in [0.1, 0.15) is 174 Å². The average molecular weight is 1400 g/mol. The van der Waals surface area contributed by atoms with E-state index in [2.05, 4.69) is 16.0 Å². The van der Waals surface area contributed by atoms with Crippen LogP contribution >= 0.6 is 34.8 Å². The molecule has 0 radical (unpaired) electrons. The number of rotatable bonds is 9. The fourth-order valence-corrected chi connectivity index (χ4v) is 15.7. The molecule has 3 aliphatic heterocycles. The van der Waals surface area contributed by atoms with Gasteiger partial charge in [0.1, 0.15) is 47.8 Å². The fraction of sp³-hybridized carbons (Fsp3) is 0.739. The third-order valence-electron chi connectivity index (χ3n) is 21.6. The number of amides is 12. The van der Waals surface area contributed by atoms with Gasteiger partial charge in [0, 0.05) is 69.0 Å². The second kappa shape index (κ2) is 35.0. The van der Waals surface area contributed by atoms with Crippen molar-refractivity contribution in [3.05, 3.63) is 32.8 Å². The Hall–Kier alpha value is -6.27. The van der Waals surface area contributed by atoms with Gasteiger partial charge in [-0.3, -0.25) is 57.5 Å². The fourth-order valence-electron chi connectivity index (χ4n) is 15.0. The van der Waals surface area contributed by atoms with Crippen LogP contribution in [-0.4, -0.2) is 251 Å². The number of likely N-dealkylation sites (tertiary alicyclic amines) is 1. The molecule has 27 heteroatoms. The molecule has 3 N–H and O–H groups in total. The van der Waals surface area contributed by atoms with Gasteiger partial charge >= 0.3 is 0 Å². The first-order chi connectivity index (χ1) is 45.5. The van der Waals surface area contributed by atoms with Crippen LogP contribution in [-0.2, 0) is 64.0 Å². The molecule has 7 rings (SSSR count). The lowest BCUT2D eigenvalue weighted by molar-refractivity contribution is -0.157. The minimum Gasteiger partial charge on any atom is -0.343 e. The number of hydrogen-bond acceptors (Lipinski definition) is 12. The maximum absolute atomic E-state index is 15.7. The molecule has 0 bridgehead atoms. The molecule has 3 saturated heterocycles. The summed E-state index contributed by atoms with van der Waals surface area (Å²) in [6.07, 6.45) is 13.1. The molecule has 0 aromatic heterocycles. The van der Waals surface area contributed by atoms with Gasteiger partial charge < -0.3 is 60.0 Å². The Morgan fingerprint density at radius 2 is 1.18 bits per heavy atom. The third kappa shape index (κ3) is 18.9. The highest BCUT2D eigenvalue weighted by Gasteiger charge is 2.51. The number of nitrogens with one attached hydrogen (secondary N) is 3. The van der Waals surface area contributed by atoms with Gasteiger partial charge in [-0.25, -0.2) is 0 Å². The topological polar surface area (TPSA) is 270 Å². The Bertz CT molecular complexity index is 2980. The molecule has 24 nitrogen and oxygen atoms in total. The second-order valence-electron chi connectivity index (χ2n) is 28.3. The van der Waals surface area contributed by atoms with Crippen LogP contribution in [0.15, 0.2) is 12.1 Å². The molecule has 3 aliphatic carbocycles. The summed E-state index contributed by atoms with van der Waals surface area (Å²) in [5, 5.41) is 9.33. The van der Waals surface area contributed by atoms with Crippen molar-refractivity contribution in [1.29, 1.82) is 0 Å². The van der Waals surface area contributed by atoms with Crippen LogP contribution in [0.25, 0.3) is 0 Å². The molecule has 6 aliphatic rings. The Kier molecular flexibility index (Phi) is 28.1. The number of nitrogens with zero attached hydrogens (tertiary/aromatic N) is 9. The van der Waals surface area contributed by atoms with Crippen molar-refractivity contribution in [3.63, 3.8) is 0 Å². The molecule has 12 amide bonds. The van der Waals surface area contributed by atoms with Crippen molar-refractivity contribution in [2.75, 3.05) is 88.6 Å². The Morgan fingerprint density at radius 3 is 1.79 bits per heavy atom. The largest absolute Gasteiger partial charge is 0.343 e. The lowest BCUT2D eigenvalue weighted by Gasteiger charge is -2.43. The second-order valence-corrected chi connectivity index (χ2v) is 29.5. The lowest BCUT2D eigenvalue weighted by atomic mass is 9.81. The van der Waals surface area contributed by atoms with E-state index in [1.54, 1.807) is 31.0 Å². The Balaban J connectivity index is 1.26. The average Bonchev–Trinajstić information content (AvgIpc) is 1.37. The molecule has 534 valence electrons. The van der Waals surface area contributed by atoms with Gasteiger partial charge in [0.05, 0.1) is 41.1 Å². The zero-order valence-corrected chi connectivity index (χ0v) is 60.5. The molecule has 6 fully saturated rings. The monoisotopic (exact) mass is 1400 g/mol. The van der Waals surface area contributed by atoms with E-state index in [0.29, 0.717) is 70.0 Å². The van der Waals surface area contributed by atoms with E-state index in [1.807, 2.05) is 6.92 Å². The van der Waals surface area contributed by atoms with E-state index in [-0.39, 0.29) is 72.0 Å². The van der Waals surface area contributed by atoms with Crippen LogP contribution in [0.4, 0.5) is 0 Å². The van der Waals surface area contributed by atoms with Gasteiger partial charge in [-0.2, -0.15) is 0 Å². The highest BCUT2D eigenvalue weighted by atomic mass is 35.5. The SMILES string of the molecule is CC[C@H](C)[C@@H]1NC(=O)[C@H](C)N(C)C(=O)C[C@@H](C(=O)N2CCCCC2)N(C)C(=O)[C@H](C2CCCCC2)N(C)C(=O)C2(CCCC2)NC(=O)[C@@H]2CCCN2C(=O)[C@H](CCc2cc(Cl)c(Cl)c(Cl)c2)NC(=O)CN(C)C(=O)[C@H](CC2CCCCC2)N(C)C(=O)CN(C)C(=O)CN(C)C1=O. The van der Waals surface area contributed by atoms with Gasteiger partial charge in [-0.05, 0) is 119 Å². The maximum atomic E-state index is 15.7. The quantitative estimate of drug-likeness (QED) is 0.252. The zero-order chi connectivity index (χ0) is 70.5. The summed E-state index contributed by atoms with van der Waals surface area (Å²) in [6.45, 7) is 4.52. The Morgan fingerprint density at radius 1 is 0.594 bits per heavy atom. The number of likely N-dealkylation sites (N-methyl/N-ethyl adjacent to an activating group) is 7. The van der Waals surface area contributed by atoms with E-state index in [0.717, 1.165) is 67.6 Å². The van der Waals surface area contributed by atoms with Gasteiger partial charge in [-0.15, -0.1) is 0 Å². The van der Waals surface area contributed by atoms with Crippen LogP contribution in [0.3, 0.4) is 0 Å². The minimum absolute atomic E-state index is 0.0131. The number of halogens is 3. The number of benzene rings is 1. The number of carbonyl (C=O) groups excluding carboxylic acids is 12. The summed E-state index contributed by atoms with van der Waals surface area (Å²) in [5.74, 6) is -7.86.